The van der Waals surface area contributed by atoms with Crippen LogP contribution in [-0.4, -0.2) is 38.8 Å². The molecule has 0 fully saturated rings. The lowest BCUT2D eigenvalue weighted by Crippen LogP contribution is -2.34. The van der Waals surface area contributed by atoms with Gasteiger partial charge in [0.05, 0.1) is 11.6 Å². The van der Waals surface area contributed by atoms with E-state index in [0.717, 1.165) is 35.0 Å². The molecular weight excluding hydrogens is 302 g/mol. The van der Waals surface area contributed by atoms with E-state index in [2.05, 4.69) is 39.3 Å². The van der Waals surface area contributed by atoms with Gasteiger partial charge in [0.15, 0.2) is 0 Å². The summed E-state index contributed by atoms with van der Waals surface area (Å²) in [6, 6.07) is 2.20. The number of anilines is 1. The lowest BCUT2D eigenvalue weighted by molar-refractivity contribution is 0.299. The van der Waals surface area contributed by atoms with Gasteiger partial charge in [-0.1, -0.05) is 0 Å². The Kier molecular flexibility index (Phi) is 4.66. The van der Waals surface area contributed by atoms with Crippen LogP contribution in [0.5, 0.6) is 0 Å². The van der Waals surface area contributed by atoms with Gasteiger partial charge in [-0.15, -0.1) is 0 Å². The molecule has 3 rings (SSSR count). The van der Waals surface area contributed by atoms with Crippen molar-refractivity contribution < 1.29 is 5.11 Å². The van der Waals surface area contributed by atoms with E-state index in [-0.39, 0.29) is 12.6 Å². The van der Waals surface area contributed by atoms with Gasteiger partial charge in [-0.05, 0) is 50.3 Å². The van der Waals surface area contributed by atoms with Crippen LogP contribution in [0.1, 0.15) is 19.4 Å². The Morgan fingerprint density at radius 2 is 2.21 bits per heavy atom. The van der Waals surface area contributed by atoms with E-state index in [0.29, 0.717) is 6.42 Å². The van der Waals surface area contributed by atoms with E-state index in [4.69, 9.17) is 5.73 Å². The van der Waals surface area contributed by atoms with Crippen LogP contribution in [0.25, 0.3) is 17.1 Å². The van der Waals surface area contributed by atoms with E-state index >= 15 is 0 Å². The van der Waals surface area contributed by atoms with Gasteiger partial charge in [-0.2, -0.15) is 0 Å². The molecule has 0 saturated carbocycles. The maximum Gasteiger partial charge on any atom is 0.148 e. The number of imidazole rings is 1. The van der Waals surface area contributed by atoms with E-state index in [1.807, 2.05) is 24.5 Å². The Bertz CT molecular complexity index is 777. The van der Waals surface area contributed by atoms with Gasteiger partial charge in [-0.25, -0.2) is 9.97 Å². The second-order valence-corrected chi connectivity index (χ2v) is 5.75. The molecule has 0 radical (unpaired) electrons. The van der Waals surface area contributed by atoms with E-state index < -0.39 is 0 Å². The number of aliphatic hydroxyl groups excluding tert-OH is 1. The van der Waals surface area contributed by atoms with Crippen LogP contribution in [0.3, 0.4) is 0 Å². The molecule has 6 nitrogen and oxygen atoms in total. The maximum absolute atomic E-state index is 9.23. The predicted octanol–water partition coefficient (Wildman–Crippen LogP) is 2.02. The molecule has 2 aromatic heterocycles. The summed E-state index contributed by atoms with van der Waals surface area (Å²) in [7, 11) is 0. The monoisotopic (exact) mass is 325 g/mol. The fraction of sp³-hybridized carbons (Fsp3) is 0.333. The minimum Gasteiger partial charge on any atom is -0.405 e. The highest BCUT2D eigenvalue weighted by Crippen LogP contribution is 2.37. The fourth-order valence-corrected chi connectivity index (χ4v) is 3.21. The fourth-order valence-electron chi connectivity index (χ4n) is 3.21. The van der Waals surface area contributed by atoms with Gasteiger partial charge in [0, 0.05) is 37.4 Å². The van der Waals surface area contributed by atoms with Crippen LogP contribution in [0.4, 0.5) is 5.82 Å². The van der Waals surface area contributed by atoms with E-state index in [1.54, 1.807) is 6.20 Å². The van der Waals surface area contributed by atoms with Gasteiger partial charge in [0.2, 0.25) is 0 Å². The lowest BCUT2D eigenvalue weighted by atomic mass is 10.1. The maximum atomic E-state index is 9.23. The average Bonchev–Trinajstić information content (AvgIpc) is 3.03. The number of aliphatic hydroxyl groups is 1. The zero-order valence-corrected chi connectivity index (χ0v) is 14.1. The van der Waals surface area contributed by atoms with Crippen LogP contribution >= 0.6 is 0 Å². The number of rotatable bonds is 4. The van der Waals surface area contributed by atoms with Crippen molar-refractivity contribution in [1.29, 1.82) is 0 Å². The molecule has 0 saturated heterocycles. The quantitative estimate of drug-likeness (QED) is 0.899. The Morgan fingerprint density at radius 1 is 1.38 bits per heavy atom. The first-order valence-electron chi connectivity index (χ1n) is 8.20. The summed E-state index contributed by atoms with van der Waals surface area (Å²) in [5, 5.41) is 9.23. The summed E-state index contributed by atoms with van der Waals surface area (Å²) in [6.07, 6.45) is 11.6. The molecule has 0 bridgehead atoms. The van der Waals surface area contributed by atoms with Gasteiger partial charge in [0.1, 0.15) is 11.6 Å². The van der Waals surface area contributed by atoms with Gasteiger partial charge < -0.3 is 20.3 Å². The van der Waals surface area contributed by atoms with Gasteiger partial charge in [0.25, 0.3) is 0 Å². The Labute approximate surface area is 142 Å². The van der Waals surface area contributed by atoms with Crippen LogP contribution in [0.15, 0.2) is 43.0 Å². The zero-order valence-electron chi connectivity index (χ0n) is 14.1. The van der Waals surface area contributed by atoms with Crippen LogP contribution in [-0.2, 0) is 6.42 Å². The summed E-state index contributed by atoms with van der Waals surface area (Å²) in [6.45, 7) is 5.21. The second kappa shape index (κ2) is 6.88. The molecule has 3 heterocycles. The van der Waals surface area contributed by atoms with Crippen LogP contribution in [0, 0.1) is 0 Å². The van der Waals surface area contributed by atoms with Gasteiger partial charge >= 0.3 is 0 Å². The summed E-state index contributed by atoms with van der Waals surface area (Å²) in [5.74, 6) is 1.77. The first-order chi connectivity index (χ1) is 11.7. The summed E-state index contributed by atoms with van der Waals surface area (Å²) in [4.78, 5) is 11.5. The average molecular weight is 325 g/mol. The molecule has 1 aliphatic rings. The highest BCUT2D eigenvalue weighted by Gasteiger charge is 2.29. The third-order valence-electron chi connectivity index (χ3n) is 4.37. The number of nitrogens with zero attached hydrogens (tertiary/aromatic N) is 4. The number of likely N-dealkylation sites (N-methyl/N-ethyl adjacent to an activating group) is 1. The van der Waals surface area contributed by atoms with Crippen molar-refractivity contribution >= 4 is 11.5 Å². The largest absolute Gasteiger partial charge is 0.405 e. The van der Waals surface area contributed by atoms with Crippen molar-refractivity contribution in [1.82, 2.24) is 14.5 Å². The SMILES string of the molecule is CCN1c2ncc(CCO)cc2-c2nccn2/C(=C/C=C\N)C1C. The van der Waals surface area contributed by atoms with Crippen molar-refractivity contribution in [2.75, 3.05) is 18.1 Å². The lowest BCUT2D eigenvalue weighted by Gasteiger charge is -2.29. The molecule has 0 spiro atoms. The summed E-state index contributed by atoms with van der Waals surface area (Å²) in [5.41, 5.74) is 8.61. The zero-order chi connectivity index (χ0) is 17.1. The number of pyridine rings is 1. The number of fused-ring (bicyclic) bond motifs is 3. The molecular formula is C18H23N5O. The molecule has 6 heteroatoms. The molecule has 2 aromatic rings. The van der Waals surface area contributed by atoms with Crippen molar-refractivity contribution in [3.8, 4) is 11.4 Å². The molecule has 3 N–H and O–H groups in total. The Balaban J connectivity index is 2.24. The Morgan fingerprint density at radius 3 is 2.92 bits per heavy atom. The molecule has 1 unspecified atom stereocenters. The molecule has 1 atom stereocenters. The molecule has 24 heavy (non-hydrogen) atoms. The standard InChI is InChI=1S/C18H23N5O/c1-3-22-13(2)16(5-4-7-19)23-9-8-20-17(23)15-11-14(6-10-24)12-21-18(15)22/h4-5,7-9,11-13,24H,3,6,10,19H2,1-2H3/b7-4-,16-5+. The molecule has 126 valence electrons. The normalized spacial score (nSPS) is 18.7. The molecule has 0 aliphatic carbocycles. The molecule has 1 aliphatic heterocycles. The Hall–Kier alpha value is -2.60. The number of hydrogen-bond acceptors (Lipinski definition) is 5. The van der Waals surface area contributed by atoms with Gasteiger partial charge in [-0.3, -0.25) is 0 Å². The van der Waals surface area contributed by atoms with Crippen molar-refractivity contribution in [3.63, 3.8) is 0 Å². The van der Waals surface area contributed by atoms with E-state index in [9.17, 15) is 5.11 Å². The van der Waals surface area contributed by atoms with E-state index in [1.165, 1.54) is 6.20 Å². The van der Waals surface area contributed by atoms with Crippen LogP contribution < -0.4 is 10.6 Å². The van der Waals surface area contributed by atoms with Crippen molar-refractivity contribution in [2.24, 2.45) is 5.73 Å². The number of allylic oxidation sites excluding steroid dienone is 2. The highest BCUT2D eigenvalue weighted by molar-refractivity contribution is 5.80. The third kappa shape index (κ3) is 2.69. The first-order valence-corrected chi connectivity index (χ1v) is 8.20. The summed E-state index contributed by atoms with van der Waals surface area (Å²) < 4.78 is 2.09. The number of hydrogen-bond donors (Lipinski definition) is 2. The predicted molar refractivity (Wildman–Crippen MR) is 96.3 cm³/mol. The second-order valence-electron chi connectivity index (χ2n) is 5.75. The van der Waals surface area contributed by atoms with Crippen molar-refractivity contribution in [2.45, 2.75) is 26.3 Å². The molecule has 0 amide bonds. The minimum atomic E-state index is 0.106. The number of aromatic nitrogens is 3. The smallest absolute Gasteiger partial charge is 0.148 e. The summed E-state index contributed by atoms with van der Waals surface area (Å²) >= 11 is 0. The highest BCUT2D eigenvalue weighted by atomic mass is 16.2. The number of nitrogens with two attached hydrogens (primary N) is 1. The minimum absolute atomic E-state index is 0.106. The topological polar surface area (TPSA) is 80.2 Å². The first kappa shape index (κ1) is 16.3. The van der Waals surface area contributed by atoms with Crippen LogP contribution in [0.2, 0.25) is 0 Å². The third-order valence-corrected chi connectivity index (χ3v) is 4.37. The van der Waals surface area contributed by atoms with Crippen molar-refractivity contribution in [3.05, 3.63) is 48.6 Å². The molecule has 0 aromatic carbocycles.